The molecule has 0 radical (unpaired) electrons. The van der Waals surface area contributed by atoms with E-state index in [0.29, 0.717) is 18.5 Å². The Morgan fingerprint density at radius 3 is 2.63 bits per heavy atom. The summed E-state index contributed by atoms with van der Waals surface area (Å²) in [4.78, 5) is 4.46. The number of benzene rings is 1. The molecule has 1 aromatic rings. The lowest BCUT2D eigenvalue weighted by atomic mass is 9.85. The van der Waals surface area contributed by atoms with Gasteiger partial charge in [0.05, 0.1) is 6.54 Å². The third kappa shape index (κ3) is 4.95. The summed E-state index contributed by atoms with van der Waals surface area (Å²) < 4.78 is 1.12. The average molecular weight is 438 g/mol. The zero-order valence-electron chi connectivity index (χ0n) is 11.3. The van der Waals surface area contributed by atoms with Crippen molar-refractivity contribution in [2.24, 2.45) is 10.7 Å². The van der Waals surface area contributed by atoms with E-state index in [-0.39, 0.29) is 29.4 Å². The van der Waals surface area contributed by atoms with Gasteiger partial charge >= 0.3 is 0 Å². The Kier molecular flexibility index (Phi) is 6.11. The lowest BCUT2D eigenvalue weighted by Crippen LogP contribution is -2.35. The number of nitrogens with zero attached hydrogens (tertiary/aromatic N) is 1. The van der Waals surface area contributed by atoms with Crippen LogP contribution in [-0.4, -0.2) is 18.5 Å². The molecule has 0 aromatic heterocycles. The van der Waals surface area contributed by atoms with E-state index in [9.17, 15) is 0 Å². The standard InChI is InChI=1S/C14H20BrN3.HI/c1-14(2,11-5-3-4-6-12(11)15)9-17-13(16)18-10-7-8-10;/h3-6,10H,7-9H2,1-2H3,(H3,16,17,18);1H. The molecular weight excluding hydrogens is 417 g/mol. The molecule has 3 nitrogen and oxygen atoms in total. The van der Waals surface area contributed by atoms with Crippen molar-refractivity contribution in [3.63, 3.8) is 0 Å². The van der Waals surface area contributed by atoms with Crippen molar-refractivity contribution in [1.29, 1.82) is 0 Å². The summed E-state index contributed by atoms with van der Waals surface area (Å²) in [5, 5.41) is 3.21. The number of halogens is 2. The predicted octanol–water partition coefficient (Wildman–Crippen LogP) is 3.41. The molecule has 1 aliphatic rings. The van der Waals surface area contributed by atoms with Crippen molar-refractivity contribution in [2.75, 3.05) is 6.54 Å². The highest BCUT2D eigenvalue weighted by atomic mass is 127. The van der Waals surface area contributed by atoms with E-state index in [0.717, 1.165) is 4.47 Å². The van der Waals surface area contributed by atoms with Crippen LogP contribution in [0.5, 0.6) is 0 Å². The first-order chi connectivity index (χ1) is 8.49. The highest BCUT2D eigenvalue weighted by Gasteiger charge is 2.24. The number of hydrogen-bond donors (Lipinski definition) is 2. The first-order valence-corrected chi connectivity index (χ1v) is 7.10. The maximum Gasteiger partial charge on any atom is 0.188 e. The monoisotopic (exact) mass is 437 g/mol. The van der Waals surface area contributed by atoms with Crippen LogP contribution in [0.4, 0.5) is 0 Å². The summed E-state index contributed by atoms with van der Waals surface area (Å²) in [5.41, 5.74) is 7.09. The van der Waals surface area contributed by atoms with Crippen LogP contribution in [0.25, 0.3) is 0 Å². The normalized spacial score (nSPS) is 15.8. The summed E-state index contributed by atoms with van der Waals surface area (Å²) in [6, 6.07) is 8.82. The lowest BCUT2D eigenvalue weighted by molar-refractivity contribution is 0.536. The van der Waals surface area contributed by atoms with Gasteiger partial charge in [-0.25, -0.2) is 0 Å². The van der Waals surface area contributed by atoms with Gasteiger partial charge in [0.1, 0.15) is 0 Å². The Labute approximate surface area is 140 Å². The van der Waals surface area contributed by atoms with Gasteiger partial charge < -0.3 is 11.1 Å². The fourth-order valence-corrected chi connectivity index (χ4v) is 2.68. The van der Waals surface area contributed by atoms with Gasteiger partial charge in [0.2, 0.25) is 0 Å². The molecule has 1 fully saturated rings. The van der Waals surface area contributed by atoms with Gasteiger partial charge in [-0.1, -0.05) is 48.0 Å². The number of guanidine groups is 1. The second-order valence-corrected chi connectivity index (χ2v) is 6.34. The molecule has 0 unspecified atom stereocenters. The number of rotatable bonds is 4. The molecule has 1 aliphatic carbocycles. The van der Waals surface area contributed by atoms with Crippen LogP contribution in [-0.2, 0) is 5.41 Å². The molecule has 19 heavy (non-hydrogen) atoms. The van der Waals surface area contributed by atoms with E-state index in [4.69, 9.17) is 5.73 Å². The van der Waals surface area contributed by atoms with Crippen LogP contribution in [0.1, 0.15) is 32.3 Å². The zero-order chi connectivity index (χ0) is 13.2. The van der Waals surface area contributed by atoms with E-state index < -0.39 is 0 Å². The average Bonchev–Trinajstić information content (AvgIpc) is 3.11. The number of hydrogen-bond acceptors (Lipinski definition) is 1. The van der Waals surface area contributed by atoms with Crippen molar-refractivity contribution >= 4 is 45.9 Å². The molecule has 0 heterocycles. The Bertz CT molecular complexity index is 456. The van der Waals surface area contributed by atoms with Gasteiger partial charge in [-0.15, -0.1) is 24.0 Å². The van der Waals surface area contributed by atoms with Gasteiger partial charge in [0, 0.05) is 15.9 Å². The minimum absolute atomic E-state index is 0. The Hall–Kier alpha value is -0.300. The first kappa shape index (κ1) is 16.8. The highest BCUT2D eigenvalue weighted by molar-refractivity contribution is 14.0. The number of nitrogens with one attached hydrogen (secondary N) is 1. The maximum atomic E-state index is 5.87. The Morgan fingerprint density at radius 1 is 1.42 bits per heavy atom. The molecule has 5 heteroatoms. The van der Waals surface area contributed by atoms with Crippen molar-refractivity contribution in [1.82, 2.24) is 5.32 Å². The molecule has 0 spiro atoms. The summed E-state index contributed by atoms with van der Waals surface area (Å²) in [7, 11) is 0. The number of nitrogens with two attached hydrogens (primary N) is 1. The minimum Gasteiger partial charge on any atom is -0.370 e. The molecule has 0 atom stereocenters. The smallest absolute Gasteiger partial charge is 0.188 e. The van der Waals surface area contributed by atoms with E-state index in [1.165, 1.54) is 18.4 Å². The Balaban J connectivity index is 0.00000180. The van der Waals surface area contributed by atoms with E-state index in [2.05, 4.69) is 58.3 Å². The zero-order valence-corrected chi connectivity index (χ0v) is 15.2. The molecule has 0 saturated heterocycles. The quantitative estimate of drug-likeness (QED) is 0.430. The number of aliphatic imine (C=N–C) groups is 1. The topological polar surface area (TPSA) is 50.4 Å². The van der Waals surface area contributed by atoms with Crippen molar-refractivity contribution in [2.45, 2.75) is 38.1 Å². The third-order valence-electron chi connectivity index (χ3n) is 3.18. The largest absolute Gasteiger partial charge is 0.370 e. The van der Waals surface area contributed by atoms with Gasteiger partial charge in [0.25, 0.3) is 0 Å². The molecule has 3 N–H and O–H groups in total. The Morgan fingerprint density at radius 2 is 2.05 bits per heavy atom. The molecule has 1 aromatic carbocycles. The lowest BCUT2D eigenvalue weighted by Gasteiger charge is -2.24. The highest BCUT2D eigenvalue weighted by Crippen LogP contribution is 2.30. The molecule has 0 aliphatic heterocycles. The van der Waals surface area contributed by atoms with Crippen molar-refractivity contribution < 1.29 is 0 Å². The first-order valence-electron chi connectivity index (χ1n) is 6.30. The molecule has 106 valence electrons. The molecule has 0 bridgehead atoms. The van der Waals surface area contributed by atoms with Crippen molar-refractivity contribution in [3.05, 3.63) is 34.3 Å². The minimum atomic E-state index is -0.0318. The summed E-state index contributed by atoms with van der Waals surface area (Å²) in [6.45, 7) is 5.04. The van der Waals surface area contributed by atoms with Crippen molar-refractivity contribution in [3.8, 4) is 0 Å². The third-order valence-corrected chi connectivity index (χ3v) is 3.87. The van der Waals surface area contributed by atoms with Gasteiger partial charge in [-0.05, 0) is 24.5 Å². The molecule has 1 saturated carbocycles. The molecule has 2 rings (SSSR count). The summed E-state index contributed by atoms with van der Waals surface area (Å²) in [5.74, 6) is 0.567. The summed E-state index contributed by atoms with van der Waals surface area (Å²) in [6.07, 6.45) is 2.42. The van der Waals surface area contributed by atoms with Crippen LogP contribution >= 0.6 is 39.9 Å². The van der Waals surface area contributed by atoms with E-state index in [1.54, 1.807) is 0 Å². The second-order valence-electron chi connectivity index (χ2n) is 5.48. The van der Waals surface area contributed by atoms with Crippen LogP contribution in [0, 0.1) is 0 Å². The predicted molar refractivity (Wildman–Crippen MR) is 95.2 cm³/mol. The SMILES string of the molecule is CC(C)(CN=C(N)NC1CC1)c1ccccc1Br.I. The van der Waals surface area contributed by atoms with Crippen LogP contribution in [0.3, 0.4) is 0 Å². The maximum absolute atomic E-state index is 5.87. The van der Waals surface area contributed by atoms with Crippen LogP contribution in [0.2, 0.25) is 0 Å². The van der Waals surface area contributed by atoms with Gasteiger partial charge in [-0.3, -0.25) is 4.99 Å². The van der Waals surface area contributed by atoms with Crippen LogP contribution in [0.15, 0.2) is 33.7 Å². The summed E-state index contributed by atoms with van der Waals surface area (Å²) >= 11 is 3.59. The fourth-order valence-electron chi connectivity index (χ4n) is 1.86. The van der Waals surface area contributed by atoms with E-state index >= 15 is 0 Å². The second kappa shape index (κ2) is 6.92. The van der Waals surface area contributed by atoms with Gasteiger partial charge in [-0.2, -0.15) is 0 Å². The molecular formula is C14H21BrIN3. The van der Waals surface area contributed by atoms with Crippen LogP contribution < -0.4 is 11.1 Å². The fraction of sp³-hybridized carbons (Fsp3) is 0.500. The van der Waals surface area contributed by atoms with Gasteiger partial charge in [0.15, 0.2) is 5.96 Å². The van der Waals surface area contributed by atoms with E-state index in [1.807, 2.05) is 6.07 Å². The molecule has 0 amide bonds.